The van der Waals surface area contributed by atoms with E-state index < -0.39 is 0 Å². The van der Waals surface area contributed by atoms with E-state index in [2.05, 4.69) is 26.3 Å². The molecular formula is C13H11ClN4S. The van der Waals surface area contributed by atoms with Crippen LogP contribution in [0.5, 0.6) is 0 Å². The van der Waals surface area contributed by atoms with Gasteiger partial charge in [-0.3, -0.25) is 0 Å². The number of thioether (sulfide) groups is 1. The predicted octanol–water partition coefficient (Wildman–Crippen LogP) is 4.08. The summed E-state index contributed by atoms with van der Waals surface area (Å²) in [5.41, 5.74) is 2.64. The molecule has 0 saturated heterocycles. The van der Waals surface area contributed by atoms with Crippen LogP contribution in [0.25, 0.3) is 11.0 Å². The standard InChI is InChI=1S/C13H11ClN4S/c1-19-10-5-3-2-4-8(10)16-12-11-9(6-7-15-11)17-13(14)18-12/h2-7,15H,1H3,(H,16,17,18). The smallest absolute Gasteiger partial charge is 0.225 e. The molecule has 0 bridgehead atoms. The second kappa shape index (κ2) is 5.11. The molecule has 0 radical (unpaired) electrons. The van der Waals surface area contributed by atoms with Crippen LogP contribution in [-0.4, -0.2) is 21.2 Å². The Hall–Kier alpha value is -1.72. The second-order valence-electron chi connectivity index (χ2n) is 3.90. The van der Waals surface area contributed by atoms with Crippen LogP contribution in [0, 0.1) is 0 Å². The van der Waals surface area contributed by atoms with Crippen LogP contribution in [0.2, 0.25) is 5.28 Å². The summed E-state index contributed by atoms with van der Waals surface area (Å²) in [6.07, 6.45) is 3.86. The van der Waals surface area contributed by atoms with E-state index in [0.717, 1.165) is 21.6 Å². The second-order valence-corrected chi connectivity index (χ2v) is 5.09. The van der Waals surface area contributed by atoms with Gasteiger partial charge in [-0.25, -0.2) is 4.98 Å². The summed E-state index contributed by atoms with van der Waals surface area (Å²) >= 11 is 7.62. The maximum absolute atomic E-state index is 5.94. The van der Waals surface area contributed by atoms with Gasteiger partial charge in [0.05, 0.1) is 11.2 Å². The van der Waals surface area contributed by atoms with Crippen molar-refractivity contribution in [1.29, 1.82) is 0 Å². The maximum atomic E-state index is 5.94. The third kappa shape index (κ3) is 2.39. The van der Waals surface area contributed by atoms with Gasteiger partial charge >= 0.3 is 0 Å². The van der Waals surface area contributed by atoms with E-state index in [4.69, 9.17) is 11.6 Å². The molecule has 19 heavy (non-hydrogen) atoms. The summed E-state index contributed by atoms with van der Waals surface area (Å²) in [5.74, 6) is 0.682. The van der Waals surface area contributed by atoms with Crippen molar-refractivity contribution in [2.75, 3.05) is 11.6 Å². The van der Waals surface area contributed by atoms with Crippen molar-refractivity contribution >= 4 is 45.9 Å². The number of fused-ring (bicyclic) bond motifs is 1. The van der Waals surface area contributed by atoms with E-state index in [1.54, 1.807) is 11.8 Å². The third-order valence-electron chi connectivity index (χ3n) is 2.74. The van der Waals surface area contributed by atoms with Crippen LogP contribution in [0.1, 0.15) is 0 Å². The van der Waals surface area contributed by atoms with Crippen LogP contribution in [0.15, 0.2) is 41.4 Å². The van der Waals surface area contributed by atoms with Crippen molar-refractivity contribution in [2.24, 2.45) is 0 Å². The van der Waals surface area contributed by atoms with Gasteiger partial charge in [0, 0.05) is 11.1 Å². The molecule has 0 saturated carbocycles. The Morgan fingerprint density at radius 3 is 2.89 bits per heavy atom. The van der Waals surface area contributed by atoms with Crippen LogP contribution in [0.3, 0.4) is 0 Å². The number of H-pyrrole nitrogens is 1. The zero-order valence-electron chi connectivity index (χ0n) is 10.1. The highest BCUT2D eigenvalue weighted by Gasteiger charge is 2.09. The fraction of sp³-hybridized carbons (Fsp3) is 0.0769. The average Bonchev–Trinajstić information content (AvgIpc) is 2.87. The Kier molecular flexibility index (Phi) is 3.31. The van der Waals surface area contributed by atoms with E-state index in [1.807, 2.05) is 36.7 Å². The summed E-state index contributed by atoms with van der Waals surface area (Å²) in [7, 11) is 0. The highest BCUT2D eigenvalue weighted by Crippen LogP contribution is 2.29. The zero-order valence-corrected chi connectivity index (χ0v) is 11.7. The first-order chi connectivity index (χ1) is 9.28. The molecule has 0 spiro atoms. The quantitative estimate of drug-likeness (QED) is 0.564. The Morgan fingerprint density at radius 2 is 2.05 bits per heavy atom. The Bertz CT molecular complexity index is 725. The maximum Gasteiger partial charge on any atom is 0.225 e. The molecule has 3 aromatic rings. The first-order valence-electron chi connectivity index (χ1n) is 5.68. The molecule has 0 aliphatic rings. The van der Waals surface area contributed by atoms with Crippen LogP contribution in [0.4, 0.5) is 11.5 Å². The van der Waals surface area contributed by atoms with Crippen molar-refractivity contribution in [1.82, 2.24) is 15.0 Å². The number of benzene rings is 1. The highest BCUT2D eigenvalue weighted by atomic mass is 35.5. The number of nitrogens with zero attached hydrogens (tertiary/aromatic N) is 2. The molecule has 2 N–H and O–H groups in total. The number of rotatable bonds is 3. The van der Waals surface area contributed by atoms with Crippen molar-refractivity contribution in [3.05, 3.63) is 41.8 Å². The summed E-state index contributed by atoms with van der Waals surface area (Å²) < 4.78 is 0. The largest absolute Gasteiger partial charge is 0.357 e. The lowest BCUT2D eigenvalue weighted by Crippen LogP contribution is -1.97. The molecule has 6 heteroatoms. The lowest BCUT2D eigenvalue weighted by Gasteiger charge is -2.10. The summed E-state index contributed by atoms with van der Waals surface area (Å²) in [4.78, 5) is 12.7. The number of aromatic amines is 1. The highest BCUT2D eigenvalue weighted by molar-refractivity contribution is 7.98. The molecule has 96 valence electrons. The molecule has 0 amide bonds. The molecule has 2 heterocycles. The number of para-hydroxylation sites is 1. The van der Waals surface area contributed by atoms with Gasteiger partial charge in [0.25, 0.3) is 0 Å². The SMILES string of the molecule is CSc1ccccc1Nc1nc(Cl)nc2cc[nH]c12. The molecule has 0 aliphatic heterocycles. The number of aromatic nitrogens is 3. The molecule has 4 nitrogen and oxygen atoms in total. The molecule has 0 atom stereocenters. The lowest BCUT2D eigenvalue weighted by molar-refractivity contribution is 1.21. The summed E-state index contributed by atoms with van der Waals surface area (Å²) in [6, 6.07) is 9.93. The van der Waals surface area contributed by atoms with Crippen molar-refractivity contribution in [3.63, 3.8) is 0 Å². The van der Waals surface area contributed by atoms with Gasteiger partial charge in [-0.05, 0) is 36.1 Å². The molecule has 0 unspecified atom stereocenters. The fourth-order valence-electron chi connectivity index (χ4n) is 1.88. The average molecular weight is 291 g/mol. The van der Waals surface area contributed by atoms with E-state index in [-0.39, 0.29) is 5.28 Å². The minimum atomic E-state index is 0.233. The monoisotopic (exact) mass is 290 g/mol. The molecule has 3 rings (SSSR count). The first kappa shape index (κ1) is 12.3. The van der Waals surface area contributed by atoms with E-state index >= 15 is 0 Å². The summed E-state index contributed by atoms with van der Waals surface area (Å²) in [5, 5.41) is 3.54. The summed E-state index contributed by atoms with van der Waals surface area (Å²) in [6.45, 7) is 0. The number of hydrogen-bond donors (Lipinski definition) is 2. The Labute approximate surface area is 119 Å². The van der Waals surface area contributed by atoms with Crippen LogP contribution in [-0.2, 0) is 0 Å². The van der Waals surface area contributed by atoms with Gasteiger partial charge in [0.1, 0.15) is 5.52 Å². The third-order valence-corrected chi connectivity index (χ3v) is 3.70. The first-order valence-corrected chi connectivity index (χ1v) is 7.29. The number of halogens is 1. The van der Waals surface area contributed by atoms with Gasteiger partial charge in [-0.15, -0.1) is 11.8 Å². The zero-order chi connectivity index (χ0) is 13.2. The van der Waals surface area contributed by atoms with Gasteiger partial charge in [0.2, 0.25) is 5.28 Å². The number of hydrogen-bond acceptors (Lipinski definition) is 4. The van der Waals surface area contributed by atoms with E-state index in [9.17, 15) is 0 Å². The fourth-order valence-corrected chi connectivity index (χ4v) is 2.61. The van der Waals surface area contributed by atoms with Gasteiger partial charge < -0.3 is 10.3 Å². The number of nitrogens with one attached hydrogen (secondary N) is 2. The number of anilines is 2. The molecular weight excluding hydrogens is 280 g/mol. The molecule has 0 fully saturated rings. The van der Waals surface area contributed by atoms with Gasteiger partial charge in [0.15, 0.2) is 5.82 Å². The molecule has 1 aromatic carbocycles. The topological polar surface area (TPSA) is 53.6 Å². The van der Waals surface area contributed by atoms with Crippen LogP contribution >= 0.6 is 23.4 Å². The van der Waals surface area contributed by atoms with Gasteiger partial charge in [-0.2, -0.15) is 4.98 Å². The molecule has 0 aliphatic carbocycles. The molecule has 2 aromatic heterocycles. The van der Waals surface area contributed by atoms with E-state index in [0.29, 0.717) is 5.82 Å². The van der Waals surface area contributed by atoms with Crippen molar-refractivity contribution in [2.45, 2.75) is 4.90 Å². The van der Waals surface area contributed by atoms with Crippen molar-refractivity contribution < 1.29 is 0 Å². The minimum Gasteiger partial charge on any atom is -0.357 e. The van der Waals surface area contributed by atoms with Crippen LogP contribution < -0.4 is 5.32 Å². The normalized spacial score (nSPS) is 10.8. The van der Waals surface area contributed by atoms with E-state index in [1.165, 1.54) is 0 Å². The van der Waals surface area contributed by atoms with Gasteiger partial charge in [-0.1, -0.05) is 12.1 Å². The predicted molar refractivity (Wildman–Crippen MR) is 80.4 cm³/mol. The Balaban J connectivity index is 2.07. The Morgan fingerprint density at radius 1 is 1.21 bits per heavy atom. The van der Waals surface area contributed by atoms with Crippen molar-refractivity contribution in [3.8, 4) is 0 Å². The lowest BCUT2D eigenvalue weighted by atomic mass is 10.3. The minimum absolute atomic E-state index is 0.233.